The van der Waals surface area contributed by atoms with Crippen molar-refractivity contribution in [3.63, 3.8) is 0 Å². The molecule has 2 unspecified atom stereocenters. The zero-order valence-electron chi connectivity index (χ0n) is 12.1. The van der Waals surface area contributed by atoms with Crippen molar-refractivity contribution in [3.8, 4) is 0 Å². The largest absolute Gasteiger partial charge is 0.241 e. The molecular weight excluding hydrogens is 330 g/mol. The van der Waals surface area contributed by atoms with Gasteiger partial charge in [-0.25, -0.2) is 13.1 Å². The van der Waals surface area contributed by atoms with Gasteiger partial charge in [0.1, 0.15) is 0 Å². The molecule has 0 spiro atoms. The third-order valence-corrected chi connectivity index (χ3v) is 6.17. The average molecular weight is 344 g/mol. The molecule has 0 saturated carbocycles. The Morgan fingerprint density at radius 3 is 2.17 bits per heavy atom. The summed E-state index contributed by atoms with van der Waals surface area (Å²) in [6, 6.07) is 19.7. The van der Waals surface area contributed by atoms with E-state index in [1.54, 1.807) is 30.3 Å². The molecule has 0 radical (unpaired) electrons. The summed E-state index contributed by atoms with van der Waals surface area (Å²) in [5.41, 5.74) is 1.90. The van der Waals surface area contributed by atoms with Crippen molar-refractivity contribution in [3.05, 3.63) is 77.9 Å². The number of nitrogens with one attached hydrogen (secondary N) is 1. The third-order valence-electron chi connectivity index (χ3n) is 4.23. The molecule has 0 bridgehead atoms. The number of sulfonamides is 1. The molecule has 0 amide bonds. The minimum atomic E-state index is -3.63. The summed E-state index contributed by atoms with van der Waals surface area (Å²) < 4.78 is 28.0. The van der Waals surface area contributed by atoms with E-state index in [1.165, 1.54) is 0 Å². The lowest BCUT2D eigenvalue weighted by molar-refractivity contribution is 0.556. The molecule has 0 aliphatic heterocycles. The highest BCUT2D eigenvalue weighted by atomic mass is 35.5. The molecule has 5 heteroatoms. The summed E-state index contributed by atoms with van der Waals surface area (Å²) in [6.07, 6.45) is 0. The fraction of sp³-hybridized carbons (Fsp3) is 0.111. The van der Waals surface area contributed by atoms with Crippen molar-refractivity contribution < 1.29 is 8.42 Å². The van der Waals surface area contributed by atoms with Gasteiger partial charge in [0.2, 0.25) is 10.0 Å². The molecule has 3 aromatic carbocycles. The molecule has 0 fully saturated rings. The van der Waals surface area contributed by atoms with Crippen molar-refractivity contribution in [1.82, 2.24) is 4.72 Å². The fourth-order valence-corrected chi connectivity index (χ4v) is 4.89. The van der Waals surface area contributed by atoms with E-state index in [1.807, 2.05) is 36.4 Å². The minimum absolute atomic E-state index is 0.243. The van der Waals surface area contributed by atoms with Crippen molar-refractivity contribution in [1.29, 1.82) is 0 Å². The number of halogens is 1. The van der Waals surface area contributed by atoms with Gasteiger partial charge >= 0.3 is 0 Å². The van der Waals surface area contributed by atoms with E-state index in [4.69, 9.17) is 11.6 Å². The standard InChI is InChI=1S/C18H14ClNO2S/c19-17-14-10-4-6-12-7-5-11-15(16(12)14)18(17)20-23(21,22)13-8-2-1-3-9-13/h1-11,17-18,20H. The first-order valence-corrected chi connectivity index (χ1v) is 9.23. The molecule has 1 aliphatic carbocycles. The van der Waals surface area contributed by atoms with Crippen LogP contribution in [-0.2, 0) is 10.0 Å². The first kappa shape index (κ1) is 14.7. The van der Waals surface area contributed by atoms with Crippen LogP contribution in [0, 0.1) is 0 Å². The monoisotopic (exact) mass is 343 g/mol. The lowest BCUT2D eigenvalue weighted by atomic mass is 10.1. The van der Waals surface area contributed by atoms with Crippen LogP contribution in [0.25, 0.3) is 10.8 Å². The van der Waals surface area contributed by atoms with E-state index >= 15 is 0 Å². The van der Waals surface area contributed by atoms with Gasteiger partial charge in [-0.3, -0.25) is 0 Å². The van der Waals surface area contributed by atoms with E-state index < -0.39 is 21.4 Å². The predicted molar refractivity (Wildman–Crippen MR) is 92.0 cm³/mol. The SMILES string of the molecule is O=S(=O)(NC1c2cccc3cccc(c23)C1Cl)c1ccccc1. The Kier molecular flexibility index (Phi) is 3.41. The summed E-state index contributed by atoms with van der Waals surface area (Å²) >= 11 is 6.58. The Bertz CT molecular complexity index is 981. The van der Waals surface area contributed by atoms with Gasteiger partial charge in [-0.05, 0) is 34.0 Å². The van der Waals surface area contributed by atoms with Crippen LogP contribution >= 0.6 is 11.6 Å². The minimum Gasteiger partial charge on any atom is -0.207 e. The van der Waals surface area contributed by atoms with E-state index in [0.29, 0.717) is 0 Å². The second kappa shape index (κ2) is 5.34. The van der Waals surface area contributed by atoms with Crippen LogP contribution in [0.2, 0.25) is 0 Å². The average Bonchev–Trinajstić information content (AvgIpc) is 2.84. The smallest absolute Gasteiger partial charge is 0.207 e. The van der Waals surface area contributed by atoms with Gasteiger partial charge < -0.3 is 0 Å². The molecule has 3 nitrogen and oxygen atoms in total. The highest BCUT2D eigenvalue weighted by Crippen LogP contribution is 2.47. The van der Waals surface area contributed by atoms with E-state index in [0.717, 1.165) is 21.9 Å². The Labute approximate surface area is 140 Å². The lowest BCUT2D eigenvalue weighted by Crippen LogP contribution is -2.29. The van der Waals surface area contributed by atoms with Crippen molar-refractivity contribution in [2.45, 2.75) is 16.3 Å². The second-order valence-electron chi connectivity index (χ2n) is 5.61. The van der Waals surface area contributed by atoms with Gasteiger partial charge in [0, 0.05) is 0 Å². The van der Waals surface area contributed by atoms with Crippen molar-refractivity contribution >= 4 is 32.4 Å². The van der Waals surface area contributed by atoms with Gasteiger partial charge in [0.15, 0.2) is 0 Å². The fourth-order valence-electron chi connectivity index (χ4n) is 3.18. The van der Waals surface area contributed by atoms with Gasteiger partial charge in [0.05, 0.1) is 16.3 Å². The number of benzene rings is 3. The van der Waals surface area contributed by atoms with Crippen LogP contribution < -0.4 is 4.72 Å². The zero-order valence-corrected chi connectivity index (χ0v) is 13.7. The van der Waals surface area contributed by atoms with Crippen LogP contribution in [-0.4, -0.2) is 8.42 Å². The number of hydrogen-bond donors (Lipinski definition) is 1. The van der Waals surface area contributed by atoms with Crippen molar-refractivity contribution in [2.24, 2.45) is 0 Å². The summed E-state index contributed by atoms with van der Waals surface area (Å²) in [4.78, 5) is 0.243. The molecule has 0 heterocycles. The molecule has 1 aliphatic rings. The van der Waals surface area contributed by atoms with Gasteiger partial charge in [0.25, 0.3) is 0 Å². The lowest BCUT2D eigenvalue weighted by Gasteiger charge is -2.18. The first-order valence-electron chi connectivity index (χ1n) is 7.31. The van der Waals surface area contributed by atoms with Gasteiger partial charge in [-0.15, -0.1) is 11.6 Å². The number of rotatable bonds is 3. The maximum absolute atomic E-state index is 12.6. The van der Waals surface area contributed by atoms with E-state index in [2.05, 4.69) is 4.72 Å². The normalized spacial score (nSPS) is 20.0. The maximum atomic E-state index is 12.6. The topological polar surface area (TPSA) is 46.2 Å². The van der Waals surface area contributed by atoms with Crippen molar-refractivity contribution in [2.75, 3.05) is 0 Å². The summed E-state index contributed by atoms with van der Waals surface area (Å²) in [5.74, 6) is 0. The van der Waals surface area contributed by atoms with Gasteiger partial charge in [-0.1, -0.05) is 54.6 Å². The quantitative estimate of drug-likeness (QED) is 0.726. The third kappa shape index (κ3) is 2.34. The van der Waals surface area contributed by atoms with Crippen LogP contribution in [0.3, 0.4) is 0 Å². The molecule has 116 valence electrons. The molecule has 0 saturated heterocycles. The van der Waals surface area contributed by atoms with E-state index in [-0.39, 0.29) is 4.90 Å². The number of hydrogen-bond acceptors (Lipinski definition) is 2. The number of alkyl halides is 1. The van der Waals surface area contributed by atoms with Gasteiger partial charge in [-0.2, -0.15) is 0 Å². The molecule has 3 aromatic rings. The second-order valence-corrected chi connectivity index (χ2v) is 7.79. The molecule has 1 N–H and O–H groups in total. The Morgan fingerprint density at radius 2 is 1.48 bits per heavy atom. The first-order chi connectivity index (χ1) is 11.1. The highest BCUT2D eigenvalue weighted by Gasteiger charge is 2.35. The van der Waals surface area contributed by atoms with E-state index in [9.17, 15) is 8.42 Å². The maximum Gasteiger partial charge on any atom is 0.241 e. The van der Waals surface area contributed by atoms with Crippen LogP contribution in [0.5, 0.6) is 0 Å². The van der Waals surface area contributed by atoms with Crippen LogP contribution in [0.1, 0.15) is 22.5 Å². The predicted octanol–water partition coefficient (Wildman–Crippen LogP) is 4.15. The molecule has 0 aromatic heterocycles. The van der Waals surface area contributed by atoms with Crippen LogP contribution in [0.15, 0.2) is 71.6 Å². The zero-order chi connectivity index (χ0) is 16.0. The highest BCUT2D eigenvalue weighted by molar-refractivity contribution is 7.89. The van der Waals surface area contributed by atoms with Crippen LogP contribution in [0.4, 0.5) is 0 Å². The Hall–Kier alpha value is -1.88. The summed E-state index contributed by atoms with van der Waals surface area (Å²) in [7, 11) is -3.63. The Morgan fingerprint density at radius 1 is 0.826 bits per heavy atom. The summed E-state index contributed by atoms with van der Waals surface area (Å²) in [6.45, 7) is 0. The molecular formula is C18H14ClNO2S. The Balaban J connectivity index is 1.79. The molecule has 23 heavy (non-hydrogen) atoms. The molecule has 4 rings (SSSR count). The summed E-state index contributed by atoms with van der Waals surface area (Å²) in [5, 5.41) is 1.71. The molecule has 2 atom stereocenters.